The molecule has 27 heavy (non-hydrogen) atoms. The van der Waals surface area contributed by atoms with Gasteiger partial charge < -0.3 is 5.11 Å². The van der Waals surface area contributed by atoms with E-state index in [-0.39, 0.29) is 28.5 Å². The van der Waals surface area contributed by atoms with Crippen molar-refractivity contribution < 1.29 is 9.90 Å². The van der Waals surface area contributed by atoms with Crippen molar-refractivity contribution in [3.05, 3.63) is 34.5 Å². The van der Waals surface area contributed by atoms with Crippen molar-refractivity contribution >= 4 is 17.0 Å². The van der Waals surface area contributed by atoms with Crippen LogP contribution in [0.25, 0.3) is 17.0 Å². The van der Waals surface area contributed by atoms with Crippen molar-refractivity contribution in [3.63, 3.8) is 0 Å². The van der Waals surface area contributed by atoms with Gasteiger partial charge in [0.2, 0.25) is 5.95 Å². The first-order valence-corrected chi connectivity index (χ1v) is 8.99. The average Bonchev–Trinajstić information content (AvgIpc) is 3.20. The number of aromatic nitrogens is 6. The van der Waals surface area contributed by atoms with E-state index in [1.807, 2.05) is 0 Å². The molecule has 0 bridgehead atoms. The largest absolute Gasteiger partial charge is 0.478 e. The number of H-pyrrole nitrogens is 1. The summed E-state index contributed by atoms with van der Waals surface area (Å²) in [5, 5.41) is 17.4. The summed E-state index contributed by atoms with van der Waals surface area (Å²) in [7, 11) is 0. The standard InChI is InChI=1S/C18H22N6O3/c1-10-4-12(6-18(2,3)5-10)24-14-13(8-20-24)21-17(22-15(14)25)23-9-11(7-19-23)16(26)27/h7-10,12H,4-6H2,1-3H3,(H,26,27)(H,21,22,25). The van der Waals surface area contributed by atoms with Crippen LogP contribution in [0, 0.1) is 11.3 Å². The van der Waals surface area contributed by atoms with E-state index in [0.29, 0.717) is 17.0 Å². The van der Waals surface area contributed by atoms with Crippen molar-refractivity contribution in [2.75, 3.05) is 0 Å². The Morgan fingerprint density at radius 1 is 1.30 bits per heavy atom. The number of fused-ring (bicyclic) bond motifs is 1. The highest BCUT2D eigenvalue weighted by Gasteiger charge is 2.34. The normalized spacial score (nSPS) is 22.2. The molecule has 3 aromatic rings. The number of carbonyl (C=O) groups is 1. The Bertz CT molecular complexity index is 1080. The number of nitrogens with one attached hydrogen (secondary N) is 1. The molecule has 9 nitrogen and oxygen atoms in total. The summed E-state index contributed by atoms with van der Waals surface area (Å²) in [6, 6.07) is 0.151. The van der Waals surface area contributed by atoms with E-state index in [9.17, 15) is 9.59 Å². The van der Waals surface area contributed by atoms with E-state index in [2.05, 4.69) is 40.9 Å². The summed E-state index contributed by atoms with van der Waals surface area (Å²) < 4.78 is 3.04. The van der Waals surface area contributed by atoms with Crippen LogP contribution in [-0.2, 0) is 0 Å². The monoisotopic (exact) mass is 370 g/mol. The average molecular weight is 370 g/mol. The Morgan fingerprint density at radius 3 is 2.74 bits per heavy atom. The number of aromatic amines is 1. The van der Waals surface area contributed by atoms with Crippen molar-refractivity contribution in [1.82, 2.24) is 29.5 Å². The van der Waals surface area contributed by atoms with Crippen LogP contribution in [0.3, 0.4) is 0 Å². The van der Waals surface area contributed by atoms with Gasteiger partial charge in [-0.3, -0.25) is 14.5 Å². The summed E-state index contributed by atoms with van der Waals surface area (Å²) >= 11 is 0. The first-order chi connectivity index (χ1) is 12.7. The molecule has 0 radical (unpaired) electrons. The maximum absolute atomic E-state index is 12.8. The molecule has 1 aliphatic rings. The van der Waals surface area contributed by atoms with Crippen LogP contribution in [-0.4, -0.2) is 40.6 Å². The molecule has 3 heterocycles. The van der Waals surface area contributed by atoms with Gasteiger partial charge in [-0.15, -0.1) is 0 Å². The summed E-state index contributed by atoms with van der Waals surface area (Å²) in [5.41, 5.74) is 0.822. The van der Waals surface area contributed by atoms with Crippen LogP contribution in [0.15, 0.2) is 23.4 Å². The molecule has 0 aromatic carbocycles. The summed E-state index contributed by atoms with van der Waals surface area (Å²) in [6.07, 6.45) is 7.19. The Kier molecular flexibility index (Phi) is 3.90. The Morgan fingerprint density at radius 2 is 2.07 bits per heavy atom. The van der Waals surface area contributed by atoms with Crippen LogP contribution in [0.2, 0.25) is 0 Å². The van der Waals surface area contributed by atoms with Crippen LogP contribution >= 0.6 is 0 Å². The lowest BCUT2D eigenvalue weighted by Gasteiger charge is -2.39. The van der Waals surface area contributed by atoms with Crippen molar-refractivity contribution in [1.29, 1.82) is 0 Å². The van der Waals surface area contributed by atoms with Gasteiger partial charge >= 0.3 is 5.97 Å². The minimum Gasteiger partial charge on any atom is -0.478 e. The second-order valence-electron chi connectivity index (χ2n) is 8.26. The molecule has 0 spiro atoms. The molecule has 2 N–H and O–H groups in total. The molecule has 142 valence electrons. The molecule has 3 aromatic heterocycles. The minimum atomic E-state index is -1.09. The Hall–Kier alpha value is -2.97. The van der Waals surface area contributed by atoms with Gasteiger partial charge in [0.25, 0.3) is 5.56 Å². The number of carboxylic acids is 1. The van der Waals surface area contributed by atoms with Gasteiger partial charge in [-0.25, -0.2) is 14.5 Å². The Labute approximate surface area is 155 Å². The summed E-state index contributed by atoms with van der Waals surface area (Å²) in [4.78, 5) is 30.9. The molecule has 1 aliphatic carbocycles. The maximum Gasteiger partial charge on any atom is 0.338 e. The molecule has 2 unspecified atom stereocenters. The maximum atomic E-state index is 12.8. The molecular weight excluding hydrogens is 348 g/mol. The van der Waals surface area contributed by atoms with Crippen molar-refractivity contribution in [3.8, 4) is 5.95 Å². The highest BCUT2D eigenvalue weighted by atomic mass is 16.4. The lowest BCUT2D eigenvalue weighted by Crippen LogP contribution is -2.31. The SMILES string of the molecule is CC1CC(n2ncc3nc(-n4cc(C(=O)O)cn4)[nH]c(=O)c32)CC(C)(C)C1. The van der Waals surface area contributed by atoms with E-state index < -0.39 is 5.97 Å². The van der Waals surface area contributed by atoms with Crippen LogP contribution in [0.1, 0.15) is 56.4 Å². The number of rotatable bonds is 3. The minimum absolute atomic E-state index is 0.0202. The number of nitrogens with zero attached hydrogens (tertiary/aromatic N) is 5. The van der Waals surface area contributed by atoms with Gasteiger partial charge in [-0.2, -0.15) is 10.2 Å². The molecule has 9 heteroatoms. The Balaban J connectivity index is 1.76. The third-order valence-electron chi connectivity index (χ3n) is 5.20. The molecule has 1 fully saturated rings. The van der Waals surface area contributed by atoms with Gasteiger partial charge in [0.1, 0.15) is 5.52 Å². The quantitative estimate of drug-likeness (QED) is 0.731. The third kappa shape index (κ3) is 3.13. The second-order valence-corrected chi connectivity index (χ2v) is 8.26. The molecule has 0 saturated heterocycles. The highest BCUT2D eigenvalue weighted by molar-refractivity contribution is 5.87. The lowest BCUT2D eigenvalue weighted by atomic mass is 9.70. The summed E-state index contributed by atoms with van der Waals surface area (Å²) in [5.74, 6) is -0.369. The van der Waals surface area contributed by atoms with Crippen LogP contribution in [0.4, 0.5) is 0 Å². The molecule has 4 rings (SSSR count). The van der Waals surface area contributed by atoms with Gasteiger partial charge in [-0.05, 0) is 30.6 Å². The van der Waals surface area contributed by atoms with Crippen molar-refractivity contribution in [2.24, 2.45) is 11.3 Å². The number of aromatic carboxylic acids is 1. The first kappa shape index (κ1) is 17.4. The highest BCUT2D eigenvalue weighted by Crippen LogP contribution is 2.44. The van der Waals surface area contributed by atoms with Gasteiger partial charge in [-0.1, -0.05) is 20.8 Å². The lowest BCUT2D eigenvalue weighted by molar-refractivity contribution is 0.0697. The fraction of sp³-hybridized carbons (Fsp3) is 0.500. The molecule has 0 aliphatic heterocycles. The van der Waals surface area contributed by atoms with E-state index >= 15 is 0 Å². The summed E-state index contributed by atoms with van der Waals surface area (Å²) in [6.45, 7) is 6.73. The van der Waals surface area contributed by atoms with E-state index in [1.165, 1.54) is 17.1 Å². The van der Waals surface area contributed by atoms with Crippen molar-refractivity contribution in [2.45, 2.75) is 46.1 Å². The predicted octanol–water partition coefficient (Wildman–Crippen LogP) is 2.39. The van der Waals surface area contributed by atoms with Gasteiger partial charge in [0, 0.05) is 6.20 Å². The molecule has 1 saturated carbocycles. The molecule has 2 atom stereocenters. The molecule has 0 amide bonds. The zero-order chi connectivity index (χ0) is 19.3. The number of hydrogen-bond acceptors (Lipinski definition) is 5. The fourth-order valence-corrected chi connectivity index (χ4v) is 4.37. The van der Waals surface area contributed by atoms with Gasteiger partial charge in [0.15, 0.2) is 5.52 Å². The van der Waals surface area contributed by atoms with Crippen LogP contribution < -0.4 is 5.56 Å². The number of carboxylic acid groups (broad SMARTS) is 1. The first-order valence-electron chi connectivity index (χ1n) is 8.99. The van der Waals surface area contributed by atoms with E-state index in [4.69, 9.17) is 5.11 Å². The molecular formula is C18H22N6O3. The topological polar surface area (TPSA) is 119 Å². The zero-order valence-corrected chi connectivity index (χ0v) is 15.5. The fourth-order valence-electron chi connectivity index (χ4n) is 4.37. The predicted molar refractivity (Wildman–Crippen MR) is 98.1 cm³/mol. The van der Waals surface area contributed by atoms with E-state index in [1.54, 1.807) is 10.9 Å². The third-order valence-corrected chi connectivity index (χ3v) is 5.20. The van der Waals surface area contributed by atoms with Crippen LogP contribution in [0.5, 0.6) is 0 Å². The smallest absolute Gasteiger partial charge is 0.338 e. The number of hydrogen-bond donors (Lipinski definition) is 2. The second kappa shape index (κ2) is 6.04. The zero-order valence-electron chi connectivity index (χ0n) is 15.5. The van der Waals surface area contributed by atoms with E-state index in [0.717, 1.165) is 19.3 Å². The van der Waals surface area contributed by atoms with Gasteiger partial charge in [0.05, 0.1) is 24.0 Å².